The molecule has 0 aliphatic heterocycles. The standard InChI is InChI=1S/C11H22N2O3/c1-3-4-8(2)5-6-9(11(15)16)13-10(14)7-12/h8-9H,3-7,12H2,1-2H3,(H,13,14)(H,15,16)/t8?,9-/m0/s1. The minimum atomic E-state index is -0.995. The summed E-state index contributed by atoms with van der Waals surface area (Å²) in [4.78, 5) is 21.9. The van der Waals surface area contributed by atoms with E-state index in [1.807, 2.05) is 0 Å². The van der Waals surface area contributed by atoms with Crippen LogP contribution < -0.4 is 11.1 Å². The van der Waals surface area contributed by atoms with Crippen LogP contribution >= 0.6 is 0 Å². The molecule has 0 saturated heterocycles. The summed E-state index contributed by atoms with van der Waals surface area (Å²) < 4.78 is 0. The summed E-state index contributed by atoms with van der Waals surface area (Å²) in [6.45, 7) is 4.02. The second-order valence-corrected chi connectivity index (χ2v) is 4.13. The first-order valence-corrected chi connectivity index (χ1v) is 5.73. The van der Waals surface area contributed by atoms with Crippen LogP contribution in [0.4, 0.5) is 0 Å². The van der Waals surface area contributed by atoms with E-state index in [1.54, 1.807) is 0 Å². The van der Waals surface area contributed by atoms with E-state index in [0.29, 0.717) is 12.3 Å². The van der Waals surface area contributed by atoms with Gasteiger partial charge in [0.1, 0.15) is 6.04 Å². The van der Waals surface area contributed by atoms with Crippen molar-refractivity contribution in [2.75, 3.05) is 6.54 Å². The van der Waals surface area contributed by atoms with Gasteiger partial charge in [0.2, 0.25) is 5.91 Å². The number of carboxylic acids is 1. The van der Waals surface area contributed by atoms with Crippen molar-refractivity contribution in [3.8, 4) is 0 Å². The fraction of sp³-hybridized carbons (Fsp3) is 0.818. The molecule has 0 fully saturated rings. The molecule has 0 rings (SSSR count). The molecule has 94 valence electrons. The molecule has 0 aromatic carbocycles. The summed E-state index contributed by atoms with van der Waals surface area (Å²) >= 11 is 0. The van der Waals surface area contributed by atoms with Crippen molar-refractivity contribution in [2.45, 2.75) is 45.6 Å². The van der Waals surface area contributed by atoms with Crippen molar-refractivity contribution >= 4 is 11.9 Å². The van der Waals surface area contributed by atoms with Gasteiger partial charge in [-0.3, -0.25) is 4.79 Å². The fourth-order valence-corrected chi connectivity index (χ4v) is 1.60. The summed E-state index contributed by atoms with van der Waals surface area (Å²) in [5, 5.41) is 11.3. The highest BCUT2D eigenvalue weighted by Gasteiger charge is 2.19. The van der Waals surface area contributed by atoms with E-state index in [-0.39, 0.29) is 6.54 Å². The van der Waals surface area contributed by atoms with Gasteiger partial charge in [0, 0.05) is 0 Å². The molecule has 16 heavy (non-hydrogen) atoms. The lowest BCUT2D eigenvalue weighted by Gasteiger charge is -2.16. The SMILES string of the molecule is CCCC(C)CC[C@H](NC(=O)CN)C(=O)O. The van der Waals surface area contributed by atoms with E-state index in [4.69, 9.17) is 10.8 Å². The minimum Gasteiger partial charge on any atom is -0.480 e. The van der Waals surface area contributed by atoms with Crippen LogP contribution in [-0.4, -0.2) is 29.6 Å². The average molecular weight is 230 g/mol. The highest BCUT2D eigenvalue weighted by Crippen LogP contribution is 2.13. The Hall–Kier alpha value is -1.10. The Morgan fingerprint density at radius 3 is 2.38 bits per heavy atom. The smallest absolute Gasteiger partial charge is 0.326 e. The summed E-state index contributed by atoms with van der Waals surface area (Å²) in [6.07, 6.45) is 3.43. The maximum Gasteiger partial charge on any atom is 0.326 e. The predicted molar refractivity (Wildman–Crippen MR) is 61.9 cm³/mol. The van der Waals surface area contributed by atoms with Crippen LogP contribution in [0.5, 0.6) is 0 Å². The Labute approximate surface area is 96.4 Å². The van der Waals surface area contributed by atoms with E-state index in [2.05, 4.69) is 19.2 Å². The average Bonchev–Trinajstić information content (AvgIpc) is 2.23. The van der Waals surface area contributed by atoms with Crippen LogP contribution in [0.2, 0.25) is 0 Å². The van der Waals surface area contributed by atoms with E-state index >= 15 is 0 Å². The van der Waals surface area contributed by atoms with Gasteiger partial charge in [-0.05, 0) is 18.8 Å². The van der Waals surface area contributed by atoms with Gasteiger partial charge in [-0.25, -0.2) is 4.79 Å². The molecule has 0 aromatic rings. The summed E-state index contributed by atoms with van der Waals surface area (Å²) in [5.41, 5.74) is 5.12. The lowest BCUT2D eigenvalue weighted by molar-refractivity contribution is -0.141. The van der Waals surface area contributed by atoms with E-state index < -0.39 is 17.9 Å². The topological polar surface area (TPSA) is 92.4 Å². The van der Waals surface area contributed by atoms with Crippen LogP contribution in [0, 0.1) is 5.92 Å². The first kappa shape index (κ1) is 14.9. The van der Waals surface area contributed by atoms with Crippen molar-refractivity contribution in [1.82, 2.24) is 5.32 Å². The monoisotopic (exact) mass is 230 g/mol. The number of hydrogen-bond acceptors (Lipinski definition) is 3. The second-order valence-electron chi connectivity index (χ2n) is 4.13. The number of carboxylic acid groups (broad SMARTS) is 1. The number of amides is 1. The zero-order valence-corrected chi connectivity index (χ0v) is 10.0. The fourth-order valence-electron chi connectivity index (χ4n) is 1.60. The molecule has 0 radical (unpaired) electrons. The third-order valence-corrected chi connectivity index (χ3v) is 2.55. The molecule has 0 bridgehead atoms. The number of aliphatic carboxylic acids is 1. The third-order valence-electron chi connectivity index (χ3n) is 2.55. The van der Waals surface area contributed by atoms with Gasteiger partial charge in [0.15, 0.2) is 0 Å². The van der Waals surface area contributed by atoms with E-state index in [1.165, 1.54) is 0 Å². The molecule has 0 heterocycles. The Kier molecular flexibility index (Phi) is 7.54. The van der Waals surface area contributed by atoms with Crippen molar-refractivity contribution in [3.63, 3.8) is 0 Å². The van der Waals surface area contributed by atoms with Gasteiger partial charge in [0.05, 0.1) is 6.54 Å². The Morgan fingerprint density at radius 1 is 1.31 bits per heavy atom. The third kappa shape index (κ3) is 6.40. The molecule has 2 atom stereocenters. The van der Waals surface area contributed by atoms with Crippen LogP contribution in [-0.2, 0) is 9.59 Å². The van der Waals surface area contributed by atoms with Crippen molar-refractivity contribution in [2.24, 2.45) is 11.7 Å². The molecule has 5 nitrogen and oxygen atoms in total. The number of rotatable bonds is 8. The van der Waals surface area contributed by atoms with Gasteiger partial charge in [-0.2, -0.15) is 0 Å². The molecule has 0 aromatic heterocycles. The number of carbonyl (C=O) groups excluding carboxylic acids is 1. The van der Waals surface area contributed by atoms with Crippen molar-refractivity contribution in [1.29, 1.82) is 0 Å². The predicted octanol–water partition coefficient (Wildman–Crippen LogP) is 0.731. The molecule has 0 saturated carbocycles. The maximum absolute atomic E-state index is 11.0. The summed E-state index contributed by atoms with van der Waals surface area (Å²) in [7, 11) is 0. The van der Waals surface area contributed by atoms with Crippen LogP contribution in [0.25, 0.3) is 0 Å². The molecule has 0 aliphatic carbocycles. The largest absolute Gasteiger partial charge is 0.480 e. The number of carbonyl (C=O) groups is 2. The number of nitrogens with two attached hydrogens (primary N) is 1. The van der Waals surface area contributed by atoms with Crippen LogP contribution in [0.3, 0.4) is 0 Å². The molecule has 0 aliphatic rings. The molecule has 5 heteroatoms. The summed E-state index contributed by atoms with van der Waals surface area (Å²) in [5.74, 6) is -0.928. The van der Waals surface area contributed by atoms with E-state index in [0.717, 1.165) is 19.3 Å². The zero-order chi connectivity index (χ0) is 12.6. The quantitative estimate of drug-likeness (QED) is 0.573. The van der Waals surface area contributed by atoms with Crippen molar-refractivity contribution in [3.05, 3.63) is 0 Å². The first-order valence-electron chi connectivity index (χ1n) is 5.73. The number of hydrogen-bond donors (Lipinski definition) is 3. The van der Waals surface area contributed by atoms with E-state index in [9.17, 15) is 9.59 Å². The number of nitrogens with one attached hydrogen (secondary N) is 1. The van der Waals surface area contributed by atoms with Gasteiger partial charge in [0.25, 0.3) is 0 Å². The highest BCUT2D eigenvalue weighted by molar-refractivity contribution is 5.84. The normalized spacial score (nSPS) is 14.2. The summed E-state index contributed by atoms with van der Waals surface area (Å²) in [6, 6.07) is -0.810. The van der Waals surface area contributed by atoms with Gasteiger partial charge in [-0.15, -0.1) is 0 Å². The van der Waals surface area contributed by atoms with Crippen LogP contribution in [0.1, 0.15) is 39.5 Å². The molecule has 1 unspecified atom stereocenters. The van der Waals surface area contributed by atoms with Gasteiger partial charge < -0.3 is 16.2 Å². The Morgan fingerprint density at radius 2 is 1.94 bits per heavy atom. The lowest BCUT2D eigenvalue weighted by Crippen LogP contribution is -2.43. The first-order chi connectivity index (χ1) is 7.51. The van der Waals surface area contributed by atoms with Crippen molar-refractivity contribution < 1.29 is 14.7 Å². The molecular formula is C11H22N2O3. The Bertz CT molecular complexity index is 231. The zero-order valence-electron chi connectivity index (χ0n) is 10.0. The Balaban J connectivity index is 4.04. The van der Waals surface area contributed by atoms with Gasteiger partial charge >= 0.3 is 5.97 Å². The van der Waals surface area contributed by atoms with Gasteiger partial charge in [-0.1, -0.05) is 26.7 Å². The molecule has 1 amide bonds. The lowest BCUT2D eigenvalue weighted by atomic mass is 9.97. The molecule has 4 N–H and O–H groups in total. The highest BCUT2D eigenvalue weighted by atomic mass is 16.4. The second kappa shape index (κ2) is 8.10. The molecular weight excluding hydrogens is 208 g/mol. The minimum absolute atomic E-state index is 0.172. The maximum atomic E-state index is 11.0. The van der Waals surface area contributed by atoms with Crippen LogP contribution in [0.15, 0.2) is 0 Å². The molecule has 0 spiro atoms.